The number of aliphatic imine (C=N–C) groups is 1. The zero-order valence-corrected chi connectivity index (χ0v) is 15.7. The largest absolute Gasteiger partial charge is 0.514 e. The molecule has 9 nitrogen and oxygen atoms in total. The molecule has 1 fully saturated rings. The molecule has 5 N–H and O–H groups in total. The SMILES string of the molecule is CCCSC1N=C(Cl)C(N)[C@H](NC2=CC(OCCO)=C3OC(=O)O[C@@H]23)N1. The first-order valence-electron chi connectivity index (χ1n) is 8.24. The lowest BCUT2D eigenvalue weighted by atomic mass is 10.2. The Morgan fingerprint density at radius 3 is 3.12 bits per heavy atom. The predicted molar refractivity (Wildman–Crippen MR) is 97.4 cm³/mol. The van der Waals surface area contributed by atoms with Crippen molar-refractivity contribution in [3.8, 4) is 0 Å². The minimum Gasteiger partial charge on any atom is -0.487 e. The average Bonchev–Trinajstić information content (AvgIpc) is 3.14. The zero-order valence-electron chi connectivity index (χ0n) is 14.1. The Labute approximate surface area is 160 Å². The molecule has 3 rings (SSSR count). The van der Waals surface area contributed by atoms with Crippen molar-refractivity contribution < 1.29 is 24.1 Å². The lowest BCUT2D eigenvalue weighted by Crippen LogP contribution is -2.61. The van der Waals surface area contributed by atoms with E-state index in [9.17, 15) is 4.79 Å². The maximum Gasteiger partial charge on any atom is 0.514 e. The van der Waals surface area contributed by atoms with Crippen LogP contribution in [-0.2, 0) is 14.2 Å². The molecule has 0 radical (unpaired) electrons. The summed E-state index contributed by atoms with van der Waals surface area (Å²) in [5.74, 6) is 1.51. The fourth-order valence-electron chi connectivity index (χ4n) is 2.63. The van der Waals surface area contributed by atoms with Crippen molar-refractivity contribution in [3.63, 3.8) is 0 Å². The first-order chi connectivity index (χ1) is 12.5. The van der Waals surface area contributed by atoms with E-state index < -0.39 is 24.5 Å². The number of thioether (sulfide) groups is 1. The van der Waals surface area contributed by atoms with Gasteiger partial charge >= 0.3 is 6.16 Å². The van der Waals surface area contributed by atoms with E-state index in [-0.39, 0.29) is 24.5 Å². The maximum absolute atomic E-state index is 11.5. The van der Waals surface area contributed by atoms with Crippen LogP contribution >= 0.6 is 23.4 Å². The van der Waals surface area contributed by atoms with Gasteiger partial charge in [-0.05, 0) is 12.2 Å². The van der Waals surface area contributed by atoms with E-state index in [2.05, 4.69) is 22.5 Å². The summed E-state index contributed by atoms with van der Waals surface area (Å²) in [6, 6.07) is -0.570. The van der Waals surface area contributed by atoms with Crippen molar-refractivity contribution in [3.05, 3.63) is 23.3 Å². The summed E-state index contributed by atoms with van der Waals surface area (Å²) in [4.78, 5) is 15.8. The highest BCUT2D eigenvalue weighted by Crippen LogP contribution is 2.34. The summed E-state index contributed by atoms with van der Waals surface area (Å²) >= 11 is 7.82. The van der Waals surface area contributed by atoms with Crippen LogP contribution in [0.1, 0.15) is 13.3 Å². The molecular weight excluding hydrogens is 384 g/mol. The molecule has 1 aliphatic carbocycles. The molecule has 0 saturated carbocycles. The molecule has 2 unspecified atom stereocenters. The number of hydrogen-bond donors (Lipinski definition) is 4. The van der Waals surface area contributed by atoms with Gasteiger partial charge in [0.15, 0.2) is 11.5 Å². The maximum atomic E-state index is 11.5. The summed E-state index contributed by atoms with van der Waals surface area (Å²) in [6.07, 6.45) is 0.714. The van der Waals surface area contributed by atoms with Gasteiger partial charge < -0.3 is 30.4 Å². The Balaban J connectivity index is 1.71. The fraction of sp³-hybridized carbons (Fsp3) is 0.600. The van der Waals surface area contributed by atoms with Gasteiger partial charge in [-0.25, -0.2) is 9.79 Å². The number of hydrogen-bond acceptors (Lipinski definition) is 10. The van der Waals surface area contributed by atoms with E-state index in [1.165, 1.54) is 0 Å². The van der Waals surface area contributed by atoms with Crippen molar-refractivity contribution in [1.29, 1.82) is 0 Å². The van der Waals surface area contributed by atoms with Crippen LogP contribution in [0.15, 0.2) is 28.3 Å². The minimum atomic E-state index is -0.806. The topological polar surface area (TPSA) is 127 Å². The quantitative estimate of drug-likeness (QED) is 0.429. The smallest absolute Gasteiger partial charge is 0.487 e. The average molecular weight is 405 g/mol. The van der Waals surface area contributed by atoms with Gasteiger partial charge in [0.2, 0.25) is 6.10 Å². The van der Waals surface area contributed by atoms with Gasteiger partial charge in [0.25, 0.3) is 0 Å². The lowest BCUT2D eigenvalue weighted by molar-refractivity contribution is 0.119. The highest BCUT2D eigenvalue weighted by atomic mass is 35.5. The van der Waals surface area contributed by atoms with Crippen LogP contribution in [0.4, 0.5) is 4.79 Å². The summed E-state index contributed by atoms with van der Waals surface area (Å²) in [7, 11) is 0. The summed E-state index contributed by atoms with van der Waals surface area (Å²) in [6.45, 7) is 1.99. The summed E-state index contributed by atoms with van der Waals surface area (Å²) in [5.41, 5.74) is 6.46. The highest BCUT2D eigenvalue weighted by molar-refractivity contribution is 7.99. The van der Waals surface area contributed by atoms with E-state index in [0.717, 1.165) is 12.2 Å². The standard InChI is InChI=1S/C15H21ClN4O5S/c1-2-5-26-14-19-12(16)9(17)13(20-14)18-7-6-8(23-4-3-21)11-10(7)24-15(22)25-11/h6,9-10,13-14,18,20-21H,2-5,17H2,1H3/t9?,10-,13+,14?/m0/s1. The van der Waals surface area contributed by atoms with Crippen molar-refractivity contribution >= 4 is 34.7 Å². The summed E-state index contributed by atoms with van der Waals surface area (Å²) < 4.78 is 15.6. The number of halogens is 1. The van der Waals surface area contributed by atoms with Crippen LogP contribution in [0.5, 0.6) is 0 Å². The second kappa shape index (κ2) is 8.49. The number of ether oxygens (including phenoxy) is 3. The van der Waals surface area contributed by atoms with E-state index in [0.29, 0.717) is 16.6 Å². The van der Waals surface area contributed by atoms with Gasteiger partial charge in [0, 0.05) is 6.08 Å². The van der Waals surface area contributed by atoms with E-state index >= 15 is 0 Å². The molecule has 0 amide bonds. The van der Waals surface area contributed by atoms with Crippen LogP contribution in [0.2, 0.25) is 0 Å². The normalized spacial score (nSPS) is 30.4. The van der Waals surface area contributed by atoms with E-state index in [1.807, 2.05) is 0 Å². The molecule has 144 valence electrons. The molecule has 1 saturated heterocycles. The molecular formula is C15H21ClN4O5S. The number of carbonyl (C=O) groups excluding carboxylic acids is 1. The monoisotopic (exact) mass is 404 g/mol. The Bertz CT molecular complexity index is 656. The molecule has 0 spiro atoms. The van der Waals surface area contributed by atoms with Gasteiger partial charge in [-0.3, -0.25) is 5.32 Å². The van der Waals surface area contributed by atoms with Crippen molar-refractivity contribution in [2.75, 3.05) is 19.0 Å². The van der Waals surface area contributed by atoms with Gasteiger partial charge in [0.1, 0.15) is 23.4 Å². The summed E-state index contributed by atoms with van der Waals surface area (Å²) in [5, 5.41) is 15.7. The van der Waals surface area contributed by atoms with Gasteiger partial charge in [0.05, 0.1) is 18.3 Å². The number of carbonyl (C=O) groups is 1. The van der Waals surface area contributed by atoms with Crippen LogP contribution in [0.25, 0.3) is 0 Å². The number of rotatable bonds is 8. The number of nitrogens with zero attached hydrogens (tertiary/aromatic N) is 1. The number of fused-ring (bicyclic) bond motifs is 1. The van der Waals surface area contributed by atoms with Crippen LogP contribution < -0.4 is 16.4 Å². The van der Waals surface area contributed by atoms with Gasteiger partial charge in [-0.2, -0.15) is 0 Å². The van der Waals surface area contributed by atoms with Crippen LogP contribution in [0, 0.1) is 0 Å². The third-order valence-electron chi connectivity index (χ3n) is 3.81. The molecule has 0 aromatic rings. The van der Waals surface area contributed by atoms with Crippen molar-refractivity contribution in [2.45, 2.75) is 37.2 Å². The zero-order chi connectivity index (χ0) is 18.7. The molecule has 2 heterocycles. The first-order valence-corrected chi connectivity index (χ1v) is 9.67. The number of nitrogens with two attached hydrogens (primary N) is 1. The molecule has 11 heteroatoms. The van der Waals surface area contributed by atoms with Gasteiger partial charge in [-0.15, -0.1) is 11.8 Å². The Morgan fingerprint density at radius 2 is 2.38 bits per heavy atom. The van der Waals surface area contributed by atoms with E-state index in [4.69, 9.17) is 36.7 Å². The van der Waals surface area contributed by atoms with Crippen molar-refractivity contribution in [1.82, 2.24) is 10.6 Å². The molecule has 3 aliphatic rings. The number of aliphatic hydroxyl groups is 1. The number of nitrogens with one attached hydrogen (secondary N) is 2. The van der Waals surface area contributed by atoms with Crippen LogP contribution in [0.3, 0.4) is 0 Å². The second-order valence-electron chi connectivity index (χ2n) is 5.74. The fourth-order valence-corrected chi connectivity index (χ4v) is 3.80. The van der Waals surface area contributed by atoms with Gasteiger partial charge in [-0.1, -0.05) is 18.5 Å². The second-order valence-corrected chi connectivity index (χ2v) is 7.31. The molecule has 2 aliphatic heterocycles. The Morgan fingerprint density at radius 1 is 1.58 bits per heavy atom. The molecule has 0 aromatic heterocycles. The van der Waals surface area contributed by atoms with E-state index in [1.54, 1.807) is 17.8 Å². The Hall–Kier alpha value is -1.46. The molecule has 0 aromatic carbocycles. The Kier molecular flexibility index (Phi) is 6.30. The molecule has 26 heavy (non-hydrogen) atoms. The number of aliphatic hydroxyl groups excluding tert-OH is 1. The molecule has 4 atom stereocenters. The first kappa shape index (κ1) is 19.3. The lowest BCUT2D eigenvalue weighted by Gasteiger charge is -2.34. The predicted octanol–water partition coefficient (Wildman–Crippen LogP) is 0.550. The third-order valence-corrected chi connectivity index (χ3v) is 5.36. The third kappa shape index (κ3) is 4.09. The van der Waals surface area contributed by atoms with Crippen molar-refractivity contribution in [2.24, 2.45) is 10.7 Å². The number of allylic oxidation sites excluding steroid dienone is 1. The minimum absolute atomic E-state index is 0.0717. The van der Waals surface area contributed by atoms with Crippen LogP contribution in [-0.4, -0.2) is 59.2 Å². The highest BCUT2D eigenvalue weighted by Gasteiger charge is 2.43. The molecule has 0 bridgehead atoms.